The molecular weight excluding hydrogens is 208 g/mol. The number of carbonyl (C=O) groups excluding carboxylic acids is 1. The van der Waals surface area contributed by atoms with Crippen LogP contribution in [-0.4, -0.2) is 27.6 Å². The summed E-state index contributed by atoms with van der Waals surface area (Å²) in [5.41, 5.74) is 0.488. The van der Waals surface area contributed by atoms with Gasteiger partial charge in [0.25, 0.3) is 5.91 Å². The molecule has 1 amide bonds. The van der Waals surface area contributed by atoms with Crippen molar-refractivity contribution in [3.05, 3.63) is 24.0 Å². The summed E-state index contributed by atoms with van der Waals surface area (Å²) in [6.45, 7) is 4.32. The largest absolute Gasteiger partial charge is 0.480 e. The molecule has 0 bridgehead atoms. The van der Waals surface area contributed by atoms with Gasteiger partial charge in [-0.15, -0.1) is 0 Å². The molecule has 0 aliphatic heterocycles. The number of carbonyl (C=O) groups is 2. The van der Waals surface area contributed by atoms with E-state index in [0.29, 0.717) is 18.7 Å². The molecule has 0 fully saturated rings. The number of carboxylic acid groups (broad SMARTS) is 1. The van der Waals surface area contributed by atoms with Crippen LogP contribution < -0.4 is 5.32 Å². The van der Waals surface area contributed by atoms with E-state index >= 15 is 0 Å². The Kier molecular flexibility index (Phi) is 4.10. The van der Waals surface area contributed by atoms with Crippen LogP contribution in [0.2, 0.25) is 0 Å². The van der Waals surface area contributed by atoms with E-state index in [0.717, 1.165) is 0 Å². The second-order valence-corrected chi connectivity index (χ2v) is 3.45. The van der Waals surface area contributed by atoms with Gasteiger partial charge in [0, 0.05) is 12.7 Å². The fourth-order valence-corrected chi connectivity index (χ4v) is 1.47. The highest BCUT2D eigenvalue weighted by atomic mass is 16.4. The lowest BCUT2D eigenvalue weighted by molar-refractivity contribution is -0.139. The van der Waals surface area contributed by atoms with Crippen molar-refractivity contribution in [2.75, 3.05) is 0 Å². The van der Waals surface area contributed by atoms with Crippen molar-refractivity contribution in [3.8, 4) is 0 Å². The number of aliphatic carboxylic acids is 1. The standard InChI is InChI=1S/C11H16N2O3/c1-3-8(11(15)16)12-10(14)9-6-5-7-13(9)4-2/h5-8H,3-4H2,1-2H3,(H,12,14)(H,15,16). The van der Waals surface area contributed by atoms with Gasteiger partial charge in [-0.25, -0.2) is 4.79 Å². The maximum Gasteiger partial charge on any atom is 0.326 e. The second-order valence-electron chi connectivity index (χ2n) is 3.45. The quantitative estimate of drug-likeness (QED) is 0.786. The molecule has 0 saturated heterocycles. The average Bonchev–Trinajstić information content (AvgIpc) is 2.72. The maximum absolute atomic E-state index is 11.8. The number of aromatic nitrogens is 1. The maximum atomic E-state index is 11.8. The lowest BCUT2D eigenvalue weighted by atomic mass is 10.2. The van der Waals surface area contributed by atoms with Gasteiger partial charge < -0.3 is 15.0 Å². The molecule has 0 saturated carbocycles. The first-order chi connectivity index (χ1) is 7.60. The van der Waals surface area contributed by atoms with E-state index in [9.17, 15) is 9.59 Å². The molecule has 0 spiro atoms. The van der Waals surface area contributed by atoms with Crippen molar-refractivity contribution >= 4 is 11.9 Å². The van der Waals surface area contributed by atoms with Crippen molar-refractivity contribution in [1.82, 2.24) is 9.88 Å². The number of nitrogens with zero attached hydrogens (tertiary/aromatic N) is 1. The van der Waals surface area contributed by atoms with E-state index in [2.05, 4.69) is 5.32 Å². The lowest BCUT2D eigenvalue weighted by Gasteiger charge is -2.13. The molecule has 0 aliphatic rings. The molecule has 5 heteroatoms. The molecule has 88 valence electrons. The van der Waals surface area contributed by atoms with Crippen molar-refractivity contribution < 1.29 is 14.7 Å². The predicted molar refractivity (Wildman–Crippen MR) is 59.3 cm³/mol. The van der Waals surface area contributed by atoms with Gasteiger partial charge in [0.1, 0.15) is 11.7 Å². The topological polar surface area (TPSA) is 71.3 Å². The van der Waals surface area contributed by atoms with E-state index in [1.54, 1.807) is 29.8 Å². The molecule has 5 nitrogen and oxygen atoms in total. The zero-order valence-electron chi connectivity index (χ0n) is 9.43. The molecule has 0 aliphatic carbocycles. The summed E-state index contributed by atoms with van der Waals surface area (Å²) >= 11 is 0. The SMILES string of the molecule is CCC(NC(=O)c1cccn1CC)C(=O)O. The number of amides is 1. The number of hydrogen-bond acceptors (Lipinski definition) is 2. The Morgan fingerprint density at radius 1 is 1.50 bits per heavy atom. The summed E-state index contributed by atoms with van der Waals surface area (Å²) in [4.78, 5) is 22.5. The van der Waals surface area contributed by atoms with Crippen LogP contribution in [0.1, 0.15) is 30.8 Å². The number of rotatable bonds is 5. The molecule has 16 heavy (non-hydrogen) atoms. The predicted octanol–water partition coefficient (Wildman–Crippen LogP) is 1.10. The zero-order valence-corrected chi connectivity index (χ0v) is 9.43. The Labute approximate surface area is 94.1 Å². The molecule has 0 radical (unpaired) electrons. The van der Waals surface area contributed by atoms with E-state index in [4.69, 9.17) is 5.11 Å². The van der Waals surface area contributed by atoms with E-state index in [-0.39, 0.29) is 5.91 Å². The first-order valence-electron chi connectivity index (χ1n) is 5.29. The Balaban J connectivity index is 2.75. The summed E-state index contributed by atoms with van der Waals surface area (Å²) in [5.74, 6) is -1.36. The highest BCUT2D eigenvalue weighted by Crippen LogP contribution is 2.03. The van der Waals surface area contributed by atoms with Crippen molar-refractivity contribution in [2.45, 2.75) is 32.9 Å². The third-order valence-electron chi connectivity index (χ3n) is 2.41. The molecule has 1 unspecified atom stereocenters. The third-order valence-corrected chi connectivity index (χ3v) is 2.41. The van der Waals surface area contributed by atoms with Gasteiger partial charge in [-0.05, 0) is 25.5 Å². The van der Waals surface area contributed by atoms with Gasteiger partial charge in [-0.1, -0.05) is 6.92 Å². The van der Waals surface area contributed by atoms with Gasteiger partial charge >= 0.3 is 5.97 Å². The minimum Gasteiger partial charge on any atom is -0.480 e. The monoisotopic (exact) mass is 224 g/mol. The average molecular weight is 224 g/mol. The Morgan fingerprint density at radius 2 is 2.19 bits per heavy atom. The Hall–Kier alpha value is -1.78. The van der Waals surface area contributed by atoms with Crippen LogP contribution in [0.5, 0.6) is 0 Å². The molecule has 1 aromatic heterocycles. The summed E-state index contributed by atoms with van der Waals surface area (Å²) < 4.78 is 1.77. The zero-order chi connectivity index (χ0) is 12.1. The van der Waals surface area contributed by atoms with Crippen LogP contribution in [0.3, 0.4) is 0 Å². The minimum absolute atomic E-state index is 0.346. The van der Waals surface area contributed by atoms with Crippen molar-refractivity contribution in [2.24, 2.45) is 0 Å². The highest BCUT2D eigenvalue weighted by molar-refractivity contribution is 5.95. The molecule has 1 heterocycles. The van der Waals surface area contributed by atoms with Gasteiger partial charge in [0.05, 0.1) is 0 Å². The first-order valence-corrected chi connectivity index (χ1v) is 5.29. The van der Waals surface area contributed by atoms with Crippen LogP contribution in [0.15, 0.2) is 18.3 Å². The fourth-order valence-electron chi connectivity index (χ4n) is 1.47. The third kappa shape index (κ3) is 2.62. The van der Waals surface area contributed by atoms with Crippen LogP contribution >= 0.6 is 0 Å². The molecular formula is C11H16N2O3. The molecule has 1 aromatic rings. The van der Waals surface area contributed by atoms with Crippen LogP contribution in [0.25, 0.3) is 0 Å². The van der Waals surface area contributed by atoms with Crippen LogP contribution in [0.4, 0.5) is 0 Å². The number of hydrogen-bond donors (Lipinski definition) is 2. The number of carboxylic acids is 1. The highest BCUT2D eigenvalue weighted by Gasteiger charge is 2.19. The fraction of sp³-hybridized carbons (Fsp3) is 0.455. The molecule has 0 aromatic carbocycles. The Morgan fingerprint density at radius 3 is 2.69 bits per heavy atom. The van der Waals surface area contributed by atoms with Crippen LogP contribution in [-0.2, 0) is 11.3 Å². The number of aryl methyl sites for hydroxylation is 1. The van der Waals surface area contributed by atoms with Gasteiger partial charge in [-0.2, -0.15) is 0 Å². The first kappa shape index (κ1) is 12.3. The van der Waals surface area contributed by atoms with E-state index in [1.807, 2.05) is 6.92 Å². The van der Waals surface area contributed by atoms with Crippen molar-refractivity contribution in [3.63, 3.8) is 0 Å². The minimum atomic E-state index is -1.01. The van der Waals surface area contributed by atoms with Crippen molar-refractivity contribution in [1.29, 1.82) is 0 Å². The summed E-state index contributed by atoms with van der Waals surface area (Å²) in [6, 6.07) is 2.61. The smallest absolute Gasteiger partial charge is 0.326 e. The molecule has 1 rings (SSSR count). The summed E-state index contributed by atoms with van der Waals surface area (Å²) in [5, 5.41) is 11.3. The summed E-state index contributed by atoms with van der Waals surface area (Å²) in [6.07, 6.45) is 2.16. The molecule has 1 atom stereocenters. The lowest BCUT2D eigenvalue weighted by Crippen LogP contribution is -2.40. The van der Waals surface area contributed by atoms with E-state index in [1.165, 1.54) is 0 Å². The molecule has 2 N–H and O–H groups in total. The number of nitrogens with one attached hydrogen (secondary N) is 1. The second kappa shape index (κ2) is 5.34. The van der Waals surface area contributed by atoms with Gasteiger partial charge in [0.15, 0.2) is 0 Å². The normalized spacial score (nSPS) is 12.1. The van der Waals surface area contributed by atoms with Crippen LogP contribution in [0, 0.1) is 0 Å². The van der Waals surface area contributed by atoms with E-state index < -0.39 is 12.0 Å². The van der Waals surface area contributed by atoms with Gasteiger partial charge in [0.2, 0.25) is 0 Å². The Bertz CT molecular complexity index is 384. The van der Waals surface area contributed by atoms with Gasteiger partial charge in [-0.3, -0.25) is 4.79 Å². The summed E-state index contributed by atoms with van der Waals surface area (Å²) in [7, 11) is 0.